The Balaban J connectivity index is 2.21. The summed E-state index contributed by atoms with van der Waals surface area (Å²) in [6, 6.07) is 4.07. The minimum atomic E-state index is -4.50. The number of aliphatic hydroxyl groups excluding tert-OH is 1. The molecule has 1 heterocycles. The van der Waals surface area contributed by atoms with Crippen molar-refractivity contribution in [2.75, 3.05) is 13.2 Å². The van der Waals surface area contributed by atoms with Gasteiger partial charge in [0.1, 0.15) is 12.7 Å². The van der Waals surface area contributed by atoms with Crippen molar-refractivity contribution in [3.05, 3.63) is 35.4 Å². The van der Waals surface area contributed by atoms with E-state index < -0.39 is 23.8 Å². The van der Waals surface area contributed by atoms with Gasteiger partial charge in [0.25, 0.3) is 5.91 Å². The molecule has 0 aliphatic carbocycles. The molecular formula is C11H10F3NO3. The molecule has 1 amide bonds. The summed E-state index contributed by atoms with van der Waals surface area (Å²) in [6.45, 7) is -0.0836. The Morgan fingerprint density at radius 1 is 1.44 bits per heavy atom. The molecule has 0 spiro atoms. The van der Waals surface area contributed by atoms with E-state index in [1.54, 1.807) is 0 Å². The molecule has 1 unspecified atom stereocenters. The van der Waals surface area contributed by atoms with Crippen molar-refractivity contribution in [2.45, 2.75) is 12.3 Å². The van der Waals surface area contributed by atoms with Crippen molar-refractivity contribution in [2.24, 2.45) is 0 Å². The number of amides is 1. The normalized spacial score (nSPS) is 20.2. The number of β-amino-alcohol motifs (C(OH)–C–C–N with tert-alkyl or cyclic N) is 1. The number of hydrogen-bond acceptors (Lipinski definition) is 3. The zero-order chi connectivity index (χ0) is 13.3. The zero-order valence-corrected chi connectivity index (χ0v) is 9.15. The van der Waals surface area contributed by atoms with E-state index in [-0.39, 0.29) is 18.7 Å². The third kappa shape index (κ3) is 2.62. The van der Waals surface area contributed by atoms with Gasteiger partial charge < -0.3 is 5.11 Å². The highest BCUT2D eigenvalue weighted by Gasteiger charge is 2.32. The van der Waals surface area contributed by atoms with E-state index in [1.807, 2.05) is 0 Å². The maximum absolute atomic E-state index is 12.5. The Hall–Kier alpha value is -1.60. The first-order chi connectivity index (χ1) is 8.38. The lowest BCUT2D eigenvalue weighted by atomic mass is 10.1. The molecule has 1 aliphatic heterocycles. The number of alkyl halides is 3. The maximum Gasteiger partial charge on any atom is 0.416 e. The van der Waals surface area contributed by atoms with Crippen molar-refractivity contribution in [1.29, 1.82) is 0 Å². The first-order valence-electron chi connectivity index (χ1n) is 5.18. The van der Waals surface area contributed by atoms with Crippen LogP contribution in [0.15, 0.2) is 24.3 Å². The lowest BCUT2D eigenvalue weighted by Gasteiger charge is -2.14. The topological polar surface area (TPSA) is 49.8 Å². The number of rotatable bonds is 1. The molecule has 1 N–H and O–H groups in total. The quantitative estimate of drug-likeness (QED) is 0.832. The molecule has 0 saturated carbocycles. The minimum absolute atomic E-state index is 0.0370. The molecule has 0 aromatic heterocycles. The second-order valence-corrected chi connectivity index (χ2v) is 3.89. The number of aliphatic hydroxyl groups is 1. The van der Waals surface area contributed by atoms with Gasteiger partial charge in [-0.25, -0.2) is 5.06 Å². The summed E-state index contributed by atoms with van der Waals surface area (Å²) in [4.78, 5) is 16.7. The van der Waals surface area contributed by atoms with Crippen LogP contribution in [0.1, 0.15) is 15.9 Å². The summed E-state index contributed by atoms with van der Waals surface area (Å²) in [5, 5.41) is 10.0. The number of hydroxylamine groups is 2. The van der Waals surface area contributed by atoms with Gasteiger partial charge in [-0.3, -0.25) is 9.63 Å². The van der Waals surface area contributed by atoms with E-state index >= 15 is 0 Å². The Labute approximate surface area is 101 Å². The lowest BCUT2D eigenvalue weighted by Crippen LogP contribution is -2.28. The van der Waals surface area contributed by atoms with Gasteiger partial charge in [-0.15, -0.1) is 0 Å². The highest BCUT2D eigenvalue weighted by molar-refractivity contribution is 5.93. The fraction of sp³-hybridized carbons (Fsp3) is 0.364. The monoisotopic (exact) mass is 261 g/mol. The third-order valence-corrected chi connectivity index (χ3v) is 2.46. The SMILES string of the molecule is O=C(c1cccc(C(F)(F)F)c1)N1CC(O)CO1. The van der Waals surface area contributed by atoms with Gasteiger partial charge in [0, 0.05) is 5.56 Å². The average Bonchev–Trinajstić information content (AvgIpc) is 2.74. The van der Waals surface area contributed by atoms with Crippen molar-refractivity contribution >= 4 is 5.91 Å². The fourth-order valence-electron chi connectivity index (χ4n) is 1.59. The second-order valence-electron chi connectivity index (χ2n) is 3.89. The summed E-state index contributed by atoms with van der Waals surface area (Å²) < 4.78 is 37.4. The Kier molecular flexibility index (Phi) is 3.27. The third-order valence-electron chi connectivity index (χ3n) is 2.46. The number of nitrogens with zero attached hydrogens (tertiary/aromatic N) is 1. The second kappa shape index (κ2) is 4.58. The number of carbonyl (C=O) groups is 1. The molecule has 18 heavy (non-hydrogen) atoms. The van der Waals surface area contributed by atoms with Gasteiger partial charge in [0.2, 0.25) is 0 Å². The summed E-state index contributed by atoms with van der Waals surface area (Å²) in [5.41, 5.74) is -1.02. The van der Waals surface area contributed by atoms with Crippen molar-refractivity contribution in [1.82, 2.24) is 5.06 Å². The maximum atomic E-state index is 12.5. The van der Waals surface area contributed by atoms with Gasteiger partial charge >= 0.3 is 6.18 Å². The smallest absolute Gasteiger partial charge is 0.389 e. The summed E-state index contributed by atoms with van der Waals surface area (Å²) in [5.74, 6) is -0.697. The van der Waals surface area contributed by atoms with Crippen LogP contribution < -0.4 is 0 Å². The highest BCUT2D eigenvalue weighted by atomic mass is 19.4. The van der Waals surface area contributed by atoms with Crippen LogP contribution in [0.5, 0.6) is 0 Å². The predicted molar refractivity (Wildman–Crippen MR) is 54.4 cm³/mol. The first-order valence-corrected chi connectivity index (χ1v) is 5.18. The van der Waals surface area contributed by atoms with Crippen LogP contribution in [0, 0.1) is 0 Å². The number of hydrogen-bond donors (Lipinski definition) is 1. The largest absolute Gasteiger partial charge is 0.416 e. The molecular weight excluding hydrogens is 251 g/mol. The number of halogens is 3. The highest BCUT2D eigenvalue weighted by Crippen LogP contribution is 2.29. The van der Waals surface area contributed by atoms with Crippen LogP contribution in [0.25, 0.3) is 0 Å². The molecule has 1 saturated heterocycles. The van der Waals surface area contributed by atoms with E-state index in [4.69, 9.17) is 4.84 Å². The molecule has 0 radical (unpaired) electrons. The fourth-order valence-corrected chi connectivity index (χ4v) is 1.59. The standard InChI is InChI=1S/C11H10F3NO3/c12-11(13,14)8-3-1-2-7(4-8)10(17)15-5-9(16)6-18-15/h1-4,9,16H,5-6H2. The van der Waals surface area contributed by atoms with Crippen molar-refractivity contribution in [3.8, 4) is 0 Å². The summed E-state index contributed by atoms with van der Waals surface area (Å²) in [6.07, 6.45) is -5.30. The van der Waals surface area contributed by atoms with Crippen molar-refractivity contribution in [3.63, 3.8) is 0 Å². The Morgan fingerprint density at radius 2 is 2.17 bits per heavy atom. The van der Waals surface area contributed by atoms with Crippen LogP contribution in [0.4, 0.5) is 13.2 Å². The molecule has 0 bridgehead atoms. The molecule has 1 aliphatic rings. The van der Waals surface area contributed by atoms with Gasteiger partial charge in [-0.1, -0.05) is 6.07 Å². The van der Waals surface area contributed by atoms with Crippen LogP contribution in [-0.2, 0) is 11.0 Å². The minimum Gasteiger partial charge on any atom is -0.389 e. The summed E-state index contributed by atoms with van der Waals surface area (Å²) in [7, 11) is 0. The molecule has 1 fully saturated rings. The molecule has 1 aromatic rings. The zero-order valence-electron chi connectivity index (χ0n) is 9.15. The van der Waals surface area contributed by atoms with Crippen LogP contribution in [-0.4, -0.2) is 35.3 Å². The van der Waals surface area contributed by atoms with Crippen molar-refractivity contribution < 1.29 is 27.9 Å². The van der Waals surface area contributed by atoms with E-state index in [2.05, 4.69) is 0 Å². The average molecular weight is 261 g/mol. The molecule has 7 heteroatoms. The van der Waals surface area contributed by atoms with Gasteiger partial charge in [0.15, 0.2) is 0 Å². The van der Waals surface area contributed by atoms with Crippen LogP contribution in [0.2, 0.25) is 0 Å². The van der Waals surface area contributed by atoms with E-state index in [0.717, 1.165) is 23.3 Å². The Bertz CT molecular complexity index is 461. The molecule has 1 atom stereocenters. The first kappa shape index (κ1) is 12.8. The van der Waals surface area contributed by atoms with Crippen LogP contribution >= 0.6 is 0 Å². The Morgan fingerprint density at radius 3 is 2.72 bits per heavy atom. The lowest BCUT2D eigenvalue weighted by molar-refractivity contribution is -0.137. The van der Waals surface area contributed by atoms with Gasteiger partial charge in [0.05, 0.1) is 12.1 Å². The van der Waals surface area contributed by atoms with E-state index in [9.17, 15) is 23.1 Å². The van der Waals surface area contributed by atoms with Gasteiger partial charge in [-0.05, 0) is 18.2 Å². The molecule has 2 rings (SSSR count). The summed E-state index contributed by atoms with van der Waals surface area (Å²) >= 11 is 0. The molecule has 1 aromatic carbocycles. The number of carbonyl (C=O) groups excluding carboxylic acids is 1. The molecule has 4 nitrogen and oxygen atoms in total. The molecule has 98 valence electrons. The predicted octanol–water partition coefficient (Wildman–Crippen LogP) is 1.45. The van der Waals surface area contributed by atoms with E-state index in [0.29, 0.717) is 0 Å². The van der Waals surface area contributed by atoms with Crippen LogP contribution in [0.3, 0.4) is 0 Å². The van der Waals surface area contributed by atoms with E-state index in [1.165, 1.54) is 6.07 Å². The number of benzene rings is 1. The van der Waals surface area contributed by atoms with Gasteiger partial charge in [-0.2, -0.15) is 13.2 Å².